The van der Waals surface area contributed by atoms with Gasteiger partial charge in [0.05, 0.1) is 8.68 Å². The average molecular weight is 384 g/mol. The van der Waals surface area contributed by atoms with Crippen LogP contribution in [0.3, 0.4) is 0 Å². The quantitative estimate of drug-likeness (QED) is 0.841. The smallest absolute Gasteiger partial charge is 0.210 e. The lowest BCUT2D eigenvalue weighted by atomic mass is 10.1. The molecule has 0 aromatic carbocycles. The summed E-state index contributed by atoms with van der Waals surface area (Å²) in [5, 5.41) is 0. The van der Waals surface area contributed by atoms with Crippen molar-refractivity contribution in [3.8, 4) is 0 Å². The SMILES string of the molecule is CSC1(CNS(=O)(=O)c2cc(Br)sc2C)CCCC1. The Morgan fingerprint density at radius 2 is 2.11 bits per heavy atom. The van der Waals surface area contributed by atoms with Gasteiger partial charge in [-0.05, 0) is 48.0 Å². The van der Waals surface area contributed by atoms with Crippen LogP contribution in [0.15, 0.2) is 14.7 Å². The highest BCUT2D eigenvalue weighted by Gasteiger charge is 2.34. The van der Waals surface area contributed by atoms with Gasteiger partial charge in [0.1, 0.15) is 0 Å². The molecule has 1 aromatic heterocycles. The van der Waals surface area contributed by atoms with E-state index in [0.717, 1.165) is 21.5 Å². The molecular weight excluding hydrogens is 366 g/mol. The third-order valence-electron chi connectivity index (χ3n) is 3.66. The number of thioether (sulfide) groups is 1. The Kier molecular flexibility index (Phi) is 5.04. The van der Waals surface area contributed by atoms with E-state index in [2.05, 4.69) is 26.9 Å². The topological polar surface area (TPSA) is 46.2 Å². The molecule has 1 heterocycles. The normalized spacial score (nSPS) is 18.9. The fraction of sp³-hybridized carbons (Fsp3) is 0.667. The van der Waals surface area contributed by atoms with Gasteiger partial charge >= 0.3 is 0 Å². The van der Waals surface area contributed by atoms with Crippen LogP contribution in [0.4, 0.5) is 0 Å². The Bertz CT molecular complexity index is 547. The summed E-state index contributed by atoms with van der Waals surface area (Å²) in [6, 6.07) is 1.68. The lowest BCUT2D eigenvalue weighted by Gasteiger charge is -2.26. The summed E-state index contributed by atoms with van der Waals surface area (Å²) in [6.07, 6.45) is 6.68. The number of nitrogens with one attached hydrogen (secondary N) is 1. The summed E-state index contributed by atoms with van der Waals surface area (Å²) < 4.78 is 28.4. The van der Waals surface area contributed by atoms with Crippen molar-refractivity contribution in [3.05, 3.63) is 14.7 Å². The zero-order valence-corrected chi connectivity index (χ0v) is 15.1. The molecule has 1 N–H and O–H groups in total. The van der Waals surface area contributed by atoms with Crippen LogP contribution in [0.1, 0.15) is 30.6 Å². The Labute approximate surface area is 131 Å². The van der Waals surface area contributed by atoms with Gasteiger partial charge in [-0.15, -0.1) is 11.3 Å². The Balaban J connectivity index is 2.12. The minimum atomic E-state index is -3.39. The van der Waals surface area contributed by atoms with E-state index in [-0.39, 0.29) is 4.75 Å². The molecule has 1 fully saturated rings. The van der Waals surface area contributed by atoms with Crippen LogP contribution in [-0.2, 0) is 10.0 Å². The summed E-state index contributed by atoms with van der Waals surface area (Å²) in [5.74, 6) is 0. The molecule has 2 rings (SSSR count). The fourth-order valence-corrected chi connectivity index (χ4v) is 7.02. The predicted octanol–water partition coefficient (Wildman–Crippen LogP) is 3.77. The van der Waals surface area contributed by atoms with Gasteiger partial charge in [0, 0.05) is 16.2 Å². The van der Waals surface area contributed by atoms with Gasteiger partial charge in [-0.3, -0.25) is 0 Å². The maximum absolute atomic E-state index is 12.3. The molecule has 0 aliphatic heterocycles. The third kappa shape index (κ3) is 3.56. The minimum Gasteiger partial charge on any atom is -0.210 e. The van der Waals surface area contributed by atoms with Crippen LogP contribution in [0.2, 0.25) is 0 Å². The van der Waals surface area contributed by atoms with Gasteiger partial charge < -0.3 is 0 Å². The minimum absolute atomic E-state index is 0.0915. The van der Waals surface area contributed by atoms with Crippen molar-refractivity contribution in [2.75, 3.05) is 12.8 Å². The van der Waals surface area contributed by atoms with Crippen molar-refractivity contribution >= 4 is 49.1 Å². The highest BCUT2D eigenvalue weighted by atomic mass is 79.9. The highest BCUT2D eigenvalue weighted by molar-refractivity contribution is 9.11. The van der Waals surface area contributed by atoms with E-state index in [1.807, 2.05) is 6.92 Å². The molecule has 19 heavy (non-hydrogen) atoms. The molecule has 0 radical (unpaired) electrons. The van der Waals surface area contributed by atoms with Crippen molar-refractivity contribution in [1.82, 2.24) is 4.72 Å². The van der Waals surface area contributed by atoms with Crippen molar-refractivity contribution < 1.29 is 8.42 Å². The molecular formula is C12H18BrNO2S3. The van der Waals surface area contributed by atoms with E-state index in [1.54, 1.807) is 17.8 Å². The molecule has 0 spiro atoms. The first-order valence-electron chi connectivity index (χ1n) is 6.19. The number of halogens is 1. The Morgan fingerprint density at radius 1 is 1.47 bits per heavy atom. The number of rotatable bonds is 5. The highest BCUT2D eigenvalue weighted by Crippen LogP contribution is 2.40. The van der Waals surface area contributed by atoms with Crippen LogP contribution >= 0.6 is 39.0 Å². The summed E-state index contributed by atoms with van der Waals surface area (Å²) in [6.45, 7) is 2.37. The maximum Gasteiger partial charge on any atom is 0.241 e. The summed E-state index contributed by atoms with van der Waals surface area (Å²) in [5.41, 5.74) is 0. The number of aryl methyl sites for hydroxylation is 1. The van der Waals surface area contributed by atoms with Gasteiger partial charge in [0.2, 0.25) is 10.0 Å². The molecule has 0 saturated heterocycles. The van der Waals surface area contributed by atoms with Gasteiger partial charge in [-0.1, -0.05) is 12.8 Å². The second kappa shape index (κ2) is 6.05. The van der Waals surface area contributed by atoms with E-state index in [4.69, 9.17) is 0 Å². The van der Waals surface area contributed by atoms with E-state index in [9.17, 15) is 8.42 Å². The first-order valence-corrected chi connectivity index (χ1v) is 10.5. The second-order valence-corrected chi connectivity index (χ2v) is 10.5. The van der Waals surface area contributed by atoms with Crippen LogP contribution < -0.4 is 4.72 Å². The molecule has 7 heteroatoms. The maximum atomic E-state index is 12.3. The van der Waals surface area contributed by atoms with Crippen LogP contribution in [-0.4, -0.2) is 26.0 Å². The molecule has 0 unspecified atom stereocenters. The molecule has 1 saturated carbocycles. The summed E-state index contributed by atoms with van der Waals surface area (Å²) in [7, 11) is -3.39. The van der Waals surface area contributed by atoms with Crippen molar-refractivity contribution in [2.45, 2.75) is 42.2 Å². The van der Waals surface area contributed by atoms with E-state index in [0.29, 0.717) is 11.4 Å². The van der Waals surface area contributed by atoms with Gasteiger partial charge in [-0.2, -0.15) is 11.8 Å². The zero-order valence-electron chi connectivity index (χ0n) is 11.0. The molecule has 0 amide bonds. The average Bonchev–Trinajstić information content (AvgIpc) is 2.95. The molecule has 1 aliphatic rings. The van der Waals surface area contributed by atoms with Crippen LogP contribution in [0.25, 0.3) is 0 Å². The van der Waals surface area contributed by atoms with Gasteiger partial charge in [-0.25, -0.2) is 13.1 Å². The van der Waals surface area contributed by atoms with Crippen molar-refractivity contribution in [2.24, 2.45) is 0 Å². The van der Waals surface area contributed by atoms with Gasteiger partial charge in [0.15, 0.2) is 0 Å². The van der Waals surface area contributed by atoms with Crippen LogP contribution in [0, 0.1) is 6.92 Å². The van der Waals surface area contributed by atoms with Crippen molar-refractivity contribution in [1.29, 1.82) is 0 Å². The number of thiophene rings is 1. The molecule has 108 valence electrons. The standard InChI is InChI=1S/C12H18BrNO2S3/c1-9-10(7-11(13)18-9)19(15,16)14-8-12(17-2)5-3-4-6-12/h7,14H,3-6,8H2,1-2H3. The molecule has 1 aliphatic carbocycles. The number of hydrogen-bond acceptors (Lipinski definition) is 4. The Morgan fingerprint density at radius 3 is 2.58 bits per heavy atom. The van der Waals surface area contributed by atoms with Crippen LogP contribution in [0.5, 0.6) is 0 Å². The summed E-state index contributed by atoms with van der Waals surface area (Å²) >= 11 is 6.58. The molecule has 1 aromatic rings. The largest absolute Gasteiger partial charge is 0.241 e. The van der Waals surface area contributed by atoms with E-state index < -0.39 is 10.0 Å². The second-order valence-electron chi connectivity index (χ2n) is 4.89. The Hall–Kier alpha value is 0.440. The van der Waals surface area contributed by atoms with E-state index >= 15 is 0 Å². The fourth-order valence-electron chi connectivity index (χ4n) is 2.47. The third-order valence-corrected chi connectivity index (χ3v) is 8.29. The lowest BCUT2D eigenvalue weighted by molar-refractivity contribution is 0.551. The van der Waals surface area contributed by atoms with Gasteiger partial charge in [0.25, 0.3) is 0 Å². The molecule has 3 nitrogen and oxygen atoms in total. The monoisotopic (exact) mass is 383 g/mol. The first kappa shape index (κ1) is 15.8. The molecule has 0 atom stereocenters. The zero-order chi connectivity index (χ0) is 14.1. The first-order chi connectivity index (χ1) is 8.88. The molecule has 0 bridgehead atoms. The summed E-state index contributed by atoms with van der Waals surface area (Å²) in [4.78, 5) is 1.22. The van der Waals surface area contributed by atoms with E-state index in [1.165, 1.54) is 24.2 Å². The van der Waals surface area contributed by atoms with Crippen molar-refractivity contribution in [3.63, 3.8) is 0 Å². The number of hydrogen-bond donors (Lipinski definition) is 1. The predicted molar refractivity (Wildman–Crippen MR) is 86.7 cm³/mol. The lowest BCUT2D eigenvalue weighted by Crippen LogP contribution is -2.38. The number of sulfonamides is 1.